The van der Waals surface area contributed by atoms with Gasteiger partial charge in [0.05, 0.1) is 6.54 Å². The Morgan fingerprint density at radius 3 is 2.56 bits per heavy atom. The van der Waals surface area contributed by atoms with Gasteiger partial charge in [0.25, 0.3) is 0 Å². The number of hydrogen-bond acceptors (Lipinski definition) is 3. The van der Waals surface area contributed by atoms with Gasteiger partial charge >= 0.3 is 0 Å². The second-order valence-electron chi connectivity index (χ2n) is 4.77. The summed E-state index contributed by atoms with van der Waals surface area (Å²) in [6, 6.07) is 7.74. The minimum Gasteiger partial charge on any atom is -0.317 e. The van der Waals surface area contributed by atoms with Gasteiger partial charge in [0.1, 0.15) is 0 Å². The number of benzene rings is 1. The van der Waals surface area contributed by atoms with Gasteiger partial charge in [0, 0.05) is 22.2 Å². The highest BCUT2D eigenvalue weighted by atomic mass is 35.5. The number of rotatable bonds is 2. The van der Waals surface area contributed by atoms with E-state index in [-0.39, 0.29) is 0 Å². The second-order valence-corrected chi connectivity index (χ2v) is 5.21. The zero-order chi connectivity index (χ0) is 12.4. The highest BCUT2D eigenvalue weighted by Gasteiger charge is 2.22. The van der Waals surface area contributed by atoms with E-state index in [9.17, 15) is 0 Å². The maximum atomic E-state index is 5.89. The summed E-state index contributed by atoms with van der Waals surface area (Å²) in [7, 11) is 0. The maximum absolute atomic E-state index is 5.89. The van der Waals surface area contributed by atoms with Gasteiger partial charge in [-0.2, -0.15) is 0 Å². The summed E-state index contributed by atoms with van der Waals surface area (Å²) in [5, 5.41) is 4.13. The Bertz CT molecular complexity index is 484. The summed E-state index contributed by atoms with van der Waals surface area (Å²) in [6.45, 7) is 2.96. The molecule has 0 aromatic heterocycles. The Morgan fingerprint density at radius 1 is 1.11 bits per heavy atom. The van der Waals surface area contributed by atoms with Crippen molar-refractivity contribution in [1.29, 1.82) is 0 Å². The fraction of sp³-hybridized carbons (Fsp3) is 0.429. The first kappa shape index (κ1) is 11.9. The molecule has 2 heterocycles. The molecular formula is C14H16ClN3. The predicted octanol–water partition coefficient (Wildman–Crippen LogP) is 2.54. The third kappa shape index (κ3) is 2.47. The molecule has 1 N–H and O–H groups in total. The Balaban J connectivity index is 1.75. The molecule has 94 valence electrons. The van der Waals surface area contributed by atoms with Crippen molar-refractivity contribution in [3.63, 3.8) is 0 Å². The van der Waals surface area contributed by atoms with E-state index in [4.69, 9.17) is 16.6 Å². The van der Waals surface area contributed by atoms with Crippen LogP contribution < -0.4 is 5.32 Å². The molecule has 0 spiro atoms. The van der Waals surface area contributed by atoms with Crippen LogP contribution in [0.1, 0.15) is 18.4 Å². The average molecular weight is 262 g/mol. The maximum Gasteiger partial charge on any atom is 0.154 e. The number of halogens is 1. The fourth-order valence-electron chi connectivity index (χ4n) is 2.49. The van der Waals surface area contributed by atoms with Crippen molar-refractivity contribution >= 4 is 23.1 Å². The van der Waals surface area contributed by atoms with Gasteiger partial charge in [0.15, 0.2) is 5.84 Å². The summed E-state index contributed by atoms with van der Waals surface area (Å²) in [4.78, 5) is 9.25. The van der Waals surface area contributed by atoms with Gasteiger partial charge in [0.2, 0.25) is 0 Å². The number of hydrogen-bond donors (Lipinski definition) is 1. The number of nitrogens with zero attached hydrogens (tertiary/aromatic N) is 2. The Hall–Kier alpha value is -1.19. The lowest BCUT2D eigenvalue weighted by molar-refractivity contribution is 0.455. The molecule has 18 heavy (non-hydrogen) atoms. The first-order chi connectivity index (χ1) is 8.83. The molecule has 4 heteroatoms. The van der Waals surface area contributed by atoms with Crippen LogP contribution in [-0.4, -0.2) is 31.2 Å². The zero-order valence-electron chi connectivity index (χ0n) is 10.2. The SMILES string of the molecule is Clc1ccc(C2=NCC(C3CCNCC3)=N2)cc1. The molecule has 0 amide bonds. The van der Waals surface area contributed by atoms with Crippen molar-refractivity contribution in [3.8, 4) is 0 Å². The van der Waals surface area contributed by atoms with Crippen LogP contribution in [-0.2, 0) is 0 Å². The smallest absolute Gasteiger partial charge is 0.154 e. The van der Waals surface area contributed by atoms with Gasteiger partial charge in [-0.15, -0.1) is 0 Å². The number of amidine groups is 1. The highest BCUT2D eigenvalue weighted by Crippen LogP contribution is 2.19. The summed E-state index contributed by atoms with van der Waals surface area (Å²) in [5.74, 6) is 1.47. The van der Waals surface area contributed by atoms with E-state index in [1.54, 1.807) is 0 Å². The lowest BCUT2D eigenvalue weighted by Gasteiger charge is -2.22. The summed E-state index contributed by atoms with van der Waals surface area (Å²) in [5.41, 5.74) is 2.31. The topological polar surface area (TPSA) is 36.8 Å². The van der Waals surface area contributed by atoms with E-state index in [2.05, 4.69) is 10.3 Å². The van der Waals surface area contributed by atoms with Gasteiger partial charge in [-0.3, -0.25) is 4.99 Å². The number of nitrogens with one attached hydrogen (secondary N) is 1. The van der Waals surface area contributed by atoms with Crippen molar-refractivity contribution in [2.45, 2.75) is 12.8 Å². The van der Waals surface area contributed by atoms with E-state index in [1.165, 1.54) is 18.6 Å². The van der Waals surface area contributed by atoms with Crippen LogP contribution in [0.15, 0.2) is 34.3 Å². The molecule has 0 bridgehead atoms. The van der Waals surface area contributed by atoms with Crippen molar-refractivity contribution in [1.82, 2.24) is 5.32 Å². The molecule has 3 nitrogen and oxygen atoms in total. The molecule has 3 rings (SSSR count). The van der Waals surface area contributed by atoms with Crippen molar-refractivity contribution in [2.75, 3.05) is 19.6 Å². The molecule has 2 aliphatic heterocycles. The molecular weight excluding hydrogens is 246 g/mol. The summed E-state index contributed by atoms with van der Waals surface area (Å²) in [6.07, 6.45) is 2.37. The Labute approximate surface area is 112 Å². The van der Waals surface area contributed by atoms with E-state index < -0.39 is 0 Å². The van der Waals surface area contributed by atoms with Crippen LogP contribution in [0.5, 0.6) is 0 Å². The molecule has 1 saturated heterocycles. The third-order valence-electron chi connectivity index (χ3n) is 3.55. The average Bonchev–Trinajstić information content (AvgIpc) is 2.90. The lowest BCUT2D eigenvalue weighted by atomic mass is 9.93. The van der Waals surface area contributed by atoms with Gasteiger partial charge in [-0.1, -0.05) is 11.6 Å². The lowest BCUT2D eigenvalue weighted by Crippen LogP contribution is -2.32. The van der Waals surface area contributed by atoms with E-state index in [0.29, 0.717) is 5.92 Å². The molecule has 1 aromatic carbocycles. The first-order valence-electron chi connectivity index (χ1n) is 6.41. The van der Waals surface area contributed by atoms with Crippen molar-refractivity contribution in [2.24, 2.45) is 15.9 Å². The van der Waals surface area contributed by atoms with Crippen LogP contribution in [0, 0.1) is 5.92 Å². The summed E-state index contributed by atoms with van der Waals surface area (Å²) >= 11 is 5.89. The van der Waals surface area contributed by atoms with Gasteiger partial charge in [-0.25, -0.2) is 4.99 Å². The van der Waals surface area contributed by atoms with Gasteiger partial charge in [-0.05, 0) is 50.2 Å². The minimum absolute atomic E-state index is 0.611. The number of piperidine rings is 1. The minimum atomic E-state index is 0.611. The molecule has 0 saturated carbocycles. The quantitative estimate of drug-likeness (QED) is 0.873. The fourth-order valence-corrected chi connectivity index (χ4v) is 2.62. The molecule has 2 aliphatic rings. The van der Waals surface area contributed by atoms with Gasteiger partial charge < -0.3 is 5.32 Å². The van der Waals surface area contributed by atoms with E-state index in [1.807, 2.05) is 24.3 Å². The van der Waals surface area contributed by atoms with Crippen LogP contribution in [0.25, 0.3) is 0 Å². The molecule has 1 fully saturated rings. The van der Waals surface area contributed by atoms with Crippen LogP contribution in [0.3, 0.4) is 0 Å². The normalized spacial score (nSPS) is 20.7. The molecule has 1 aromatic rings. The number of aliphatic imine (C=N–C) groups is 2. The van der Waals surface area contributed by atoms with Crippen LogP contribution >= 0.6 is 11.6 Å². The Morgan fingerprint density at radius 2 is 1.83 bits per heavy atom. The monoisotopic (exact) mass is 261 g/mol. The second kappa shape index (κ2) is 5.21. The molecule has 0 unspecified atom stereocenters. The summed E-state index contributed by atoms with van der Waals surface area (Å²) < 4.78 is 0. The largest absolute Gasteiger partial charge is 0.317 e. The molecule has 0 aliphatic carbocycles. The van der Waals surface area contributed by atoms with Crippen LogP contribution in [0.2, 0.25) is 5.02 Å². The predicted molar refractivity (Wildman–Crippen MR) is 75.9 cm³/mol. The van der Waals surface area contributed by atoms with Crippen molar-refractivity contribution in [3.05, 3.63) is 34.9 Å². The highest BCUT2D eigenvalue weighted by molar-refractivity contribution is 6.30. The zero-order valence-corrected chi connectivity index (χ0v) is 11.0. The van der Waals surface area contributed by atoms with Crippen LogP contribution in [0.4, 0.5) is 0 Å². The third-order valence-corrected chi connectivity index (χ3v) is 3.81. The molecule has 0 radical (unpaired) electrons. The van der Waals surface area contributed by atoms with E-state index >= 15 is 0 Å². The standard InChI is InChI=1S/C14H16ClN3/c15-12-3-1-11(2-4-12)14-17-9-13(18-14)10-5-7-16-8-6-10/h1-4,10,16H,5-9H2. The first-order valence-corrected chi connectivity index (χ1v) is 6.79. The van der Waals surface area contributed by atoms with Crippen molar-refractivity contribution < 1.29 is 0 Å². The van der Waals surface area contributed by atoms with E-state index in [0.717, 1.165) is 36.1 Å². The Kier molecular flexibility index (Phi) is 3.43. The molecule has 0 atom stereocenters.